The SMILES string of the molecule is O=C(NNc1cccc(C(F)(F)F)c1)[C@@H]1C[C@H]2CC[C@H]1C2. The highest BCUT2D eigenvalue weighted by atomic mass is 19.4. The third-order valence-electron chi connectivity index (χ3n) is 4.59. The van der Waals surface area contributed by atoms with Crippen LogP contribution in [-0.2, 0) is 11.0 Å². The summed E-state index contributed by atoms with van der Waals surface area (Å²) in [5.41, 5.74) is 4.64. The molecular weight excluding hydrogens is 281 g/mol. The molecule has 3 nitrogen and oxygen atoms in total. The molecule has 1 amide bonds. The number of carbonyl (C=O) groups is 1. The van der Waals surface area contributed by atoms with Crippen LogP contribution < -0.4 is 10.9 Å². The van der Waals surface area contributed by atoms with E-state index >= 15 is 0 Å². The predicted molar refractivity (Wildman–Crippen MR) is 72.1 cm³/mol. The molecule has 2 saturated carbocycles. The van der Waals surface area contributed by atoms with Gasteiger partial charge in [0.2, 0.25) is 5.91 Å². The normalized spacial score (nSPS) is 27.7. The van der Waals surface area contributed by atoms with Gasteiger partial charge in [0.05, 0.1) is 11.3 Å². The number of rotatable bonds is 3. The van der Waals surface area contributed by atoms with Crippen molar-refractivity contribution < 1.29 is 18.0 Å². The minimum absolute atomic E-state index is 0.00190. The minimum atomic E-state index is -4.38. The van der Waals surface area contributed by atoms with Crippen molar-refractivity contribution in [3.8, 4) is 0 Å². The zero-order chi connectivity index (χ0) is 15.0. The van der Waals surface area contributed by atoms with E-state index in [9.17, 15) is 18.0 Å². The fourth-order valence-electron chi connectivity index (χ4n) is 3.57. The summed E-state index contributed by atoms with van der Waals surface area (Å²) in [4.78, 5) is 12.1. The first kappa shape index (κ1) is 14.2. The van der Waals surface area contributed by atoms with Gasteiger partial charge in [-0.1, -0.05) is 12.5 Å². The molecule has 0 saturated heterocycles. The number of carbonyl (C=O) groups excluding carboxylic acids is 1. The van der Waals surface area contributed by atoms with E-state index in [4.69, 9.17) is 0 Å². The Morgan fingerprint density at radius 1 is 1.19 bits per heavy atom. The minimum Gasteiger partial charge on any atom is -0.299 e. The maximum Gasteiger partial charge on any atom is 0.416 e. The standard InChI is InChI=1S/C15H17F3N2O/c16-15(17,18)11-2-1-3-12(8-11)19-20-14(21)13-7-9-4-5-10(13)6-9/h1-3,8-10,13,19H,4-7H2,(H,20,21)/t9-,10-,13+/m0/s1. The van der Waals surface area contributed by atoms with E-state index in [-0.39, 0.29) is 17.5 Å². The van der Waals surface area contributed by atoms with Crippen molar-refractivity contribution >= 4 is 11.6 Å². The molecule has 0 radical (unpaired) electrons. The van der Waals surface area contributed by atoms with Crippen LogP contribution in [-0.4, -0.2) is 5.91 Å². The van der Waals surface area contributed by atoms with Gasteiger partial charge in [0.1, 0.15) is 0 Å². The third kappa shape index (κ3) is 2.99. The van der Waals surface area contributed by atoms with Crippen molar-refractivity contribution in [3.05, 3.63) is 29.8 Å². The van der Waals surface area contributed by atoms with Crippen molar-refractivity contribution in [2.24, 2.45) is 17.8 Å². The van der Waals surface area contributed by atoms with Crippen LogP contribution in [0.3, 0.4) is 0 Å². The van der Waals surface area contributed by atoms with Gasteiger partial charge in [0, 0.05) is 5.92 Å². The fourth-order valence-corrected chi connectivity index (χ4v) is 3.57. The fraction of sp³-hybridized carbons (Fsp3) is 0.533. The van der Waals surface area contributed by atoms with Crippen LogP contribution in [0.5, 0.6) is 0 Å². The quantitative estimate of drug-likeness (QED) is 0.837. The van der Waals surface area contributed by atoms with Crippen LogP contribution >= 0.6 is 0 Å². The maximum absolute atomic E-state index is 12.6. The number of fused-ring (bicyclic) bond motifs is 2. The van der Waals surface area contributed by atoms with Gasteiger partial charge in [-0.3, -0.25) is 15.6 Å². The van der Waals surface area contributed by atoms with Crippen molar-refractivity contribution in [1.82, 2.24) is 5.43 Å². The van der Waals surface area contributed by atoms with E-state index in [0.717, 1.165) is 31.4 Å². The maximum atomic E-state index is 12.6. The van der Waals surface area contributed by atoms with E-state index < -0.39 is 11.7 Å². The molecule has 0 spiro atoms. The summed E-state index contributed by atoms with van der Waals surface area (Å²) >= 11 is 0. The van der Waals surface area contributed by atoms with E-state index in [2.05, 4.69) is 10.9 Å². The number of anilines is 1. The molecular formula is C15H17F3N2O. The Morgan fingerprint density at radius 3 is 2.62 bits per heavy atom. The average Bonchev–Trinajstić information content (AvgIpc) is 3.07. The summed E-state index contributed by atoms with van der Waals surface area (Å²) in [6.07, 6.45) is -0.0729. The Bertz CT molecular complexity index is 544. The Hall–Kier alpha value is -1.72. The Morgan fingerprint density at radius 2 is 2.00 bits per heavy atom. The number of alkyl halides is 3. The number of nitrogens with one attached hydrogen (secondary N) is 2. The molecule has 1 aromatic carbocycles. The second kappa shape index (κ2) is 5.24. The molecule has 2 aliphatic rings. The summed E-state index contributed by atoms with van der Waals surface area (Å²) in [6, 6.07) is 4.80. The molecule has 6 heteroatoms. The molecule has 0 unspecified atom stereocenters. The highest BCUT2D eigenvalue weighted by Gasteiger charge is 2.43. The van der Waals surface area contributed by atoms with Gasteiger partial charge in [0.25, 0.3) is 0 Å². The number of hydrazine groups is 1. The Labute approximate surface area is 120 Å². The first-order valence-corrected chi connectivity index (χ1v) is 7.16. The molecule has 2 aliphatic carbocycles. The first-order chi connectivity index (χ1) is 9.93. The first-order valence-electron chi connectivity index (χ1n) is 7.16. The van der Waals surface area contributed by atoms with E-state index in [1.165, 1.54) is 18.6 Å². The zero-order valence-corrected chi connectivity index (χ0v) is 11.4. The second-order valence-electron chi connectivity index (χ2n) is 5.97. The number of hydrogen-bond acceptors (Lipinski definition) is 2. The summed E-state index contributed by atoms with van der Waals surface area (Å²) < 4.78 is 37.8. The topological polar surface area (TPSA) is 41.1 Å². The van der Waals surface area contributed by atoms with E-state index in [1.54, 1.807) is 0 Å². The van der Waals surface area contributed by atoms with Gasteiger partial charge >= 0.3 is 6.18 Å². The lowest BCUT2D eigenvalue weighted by Gasteiger charge is -2.21. The Kier molecular flexibility index (Phi) is 3.55. The van der Waals surface area contributed by atoms with Crippen LogP contribution in [0.1, 0.15) is 31.2 Å². The monoisotopic (exact) mass is 298 g/mol. The molecule has 2 fully saturated rings. The van der Waals surface area contributed by atoms with Crippen molar-refractivity contribution in [1.29, 1.82) is 0 Å². The number of benzene rings is 1. The highest BCUT2D eigenvalue weighted by molar-refractivity contribution is 5.80. The lowest BCUT2D eigenvalue weighted by Crippen LogP contribution is -2.37. The lowest BCUT2D eigenvalue weighted by atomic mass is 9.88. The number of hydrogen-bond donors (Lipinski definition) is 2. The molecule has 0 aliphatic heterocycles. The van der Waals surface area contributed by atoms with Gasteiger partial charge in [-0.05, 0) is 49.3 Å². The molecule has 3 atom stereocenters. The summed E-state index contributed by atoms with van der Waals surface area (Å²) in [6.45, 7) is 0. The van der Waals surface area contributed by atoms with Crippen molar-refractivity contribution in [2.75, 3.05) is 5.43 Å². The lowest BCUT2D eigenvalue weighted by molar-refractivity contribution is -0.137. The van der Waals surface area contributed by atoms with Gasteiger partial charge in [0.15, 0.2) is 0 Å². The largest absolute Gasteiger partial charge is 0.416 e. The zero-order valence-electron chi connectivity index (χ0n) is 11.4. The molecule has 0 heterocycles. The van der Waals surface area contributed by atoms with E-state index in [1.807, 2.05) is 0 Å². The highest BCUT2D eigenvalue weighted by Crippen LogP contribution is 2.48. The molecule has 2 N–H and O–H groups in total. The molecule has 2 bridgehead atoms. The summed E-state index contributed by atoms with van der Waals surface area (Å²) in [7, 11) is 0. The third-order valence-corrected chi connectivity index (χ3v) is 4.59. The van der Waals surface area contributed by atoms with Gasteiger partial charge in [-0.25, -0.2) is 0 Å². The smallest absolute Gasteiger partial charge is 0.299 e. The molecule has 21 heavy (non-hydrogen) atoms. The van der Waals surface area contributed by atoms with E-state index in [0.29, 0.717) is 11.8 Å². The van der Waals surface area contributed by atoms with Crippen LogP contribution in [0, 0.1) is 17.8 Å². The Balaban J connectivity index is 1.59. The predicted octanol–water partition coefficient (Wildman–Crippen LogP) is 3.58. The van der Waals surface area contributed by atoms with Crippen molar-refractivity contribution in [3.63, 3.8) is 0 Å². The van der Waals surface area contributed by atoms with Crippen LogP contribution in [0.25, 0.3) is 0 Å². The van der Waals surface area contributed by atoms with Gasteiger partial charge in [-0.2, -0.15) is 13.2 Å². The van der Waals surface area contributed by atoms with Gasteiger partial charge in [-0.15, -0.1) is 0 Å². The average molecular weight is 298 g/mol. The van der Waals surface area contributed by atoms with Gasteiger partial charge < -0.3 is 0 Å². The van der Waals surface area contributed by atoms with Crippen LogP contribution in [0.2, 0.25) is 0 Å². The summed E-state index contributed by atoms with van der Waals surface area (Å²) in [5.74, 6) is 0.985. The molecule has 1 aromatic rings. The molecule has 3 rings (SSSR count). The molecule has 114 valence electrons. The number of halogens is 3. The number of amides is 1. The van der Waals surface area contributed by atoms with Crippen LogP contribution in [0.15, 0.2) is 24.3 Å². The van der Waals surface area contributed by atoms with Crippen LogP contribution in [0.4, 0.5) is 18.9 Å². The second-order valence-corrected chi connectivity index (χ2v) is 5.97. The summed E-state index contributed by atoms with van der Waals surface area (Å²) in [5, 5.41) is 0. The van der Waals surface area contributed by atoms with Crippen molar-refractivity contribution in [2.45, 2.75) is 31.9 Å². The molecule has 0 aromatic heterocycles.